The van der Waals surface area contributed by atoms with Crippen LogP contribution in [0.2, 0.25) is 0 Å². The molecule has 0 radical (unpaired) electrons. The molecule has 3 aromatic carbocycles. The second kappa shape index (κ2) is 7.84. The second-order valence-corrected chi connectivity index (χ2v) is 7.38. The fourth-order valence-electron chi connectivity index (χ4n) is 3.68. The van der Waals surface area contributed by atoms with Gasteiger partial charge in [-0.3, -0.25) is 9.78 Å². The lowest BCUT2D eigenvalue weighted by Gasteiger charge is -2.14. The number of pyridine rings is 1. The van der Waals surface area contributed by atoms with Gasteiger partial charge in [-0.05, 0) is 49.6 Å². The van der Waals surface area contributed by atoms with Crippen LogP contribution in [-0.2, 0) is 0 Å². The van der Waals surface area contributed by atoms with Gasteiger partial charge in [0.1, 0.15) is 0 Å². The molecule has 0 atom stereocenters. The van der Waals surface area contributed by atoms with Crippen LogP contribution in [0.25, 0.3) is 28.1 Å². The molecule has 0 bridgehead atoms. The lowest BCUT2D eigenvalue weighted by molar-refractivity contribution is 0.104. The van der Waals surface area contributed by atoms with Gasteiger partial charge >= 0.3 is 0 Å². The third kappa shape index (κ3) is 3.74. The predicted octanol–water partition coefficient (Wildman–Crippen LogP) is 6.72. The SMILES string of the molecule is Cc1ccc(-c2c(C(=O)/C=C/c3ccccc3C)c(C)nc3ccccc23)cc1. The van der Waals surface area contributed by atoms with Gasteiger partial charge in [-0.2, -0.15) is 0 Å². The van der Waals surface area contributed by atoms with Gasteiger partial charge in [0.2, 0.25) is 0 Å². The van der Waals surface area contributed by atoms with Crippen LogP contribution in [0.3, 0.4) is 0 Å². The van der Waals surface area contributed by atoms with E-state index in [-0.39, 0.29) is 5.78 Å². The maximum Gasteiger partial charge on any atom is 0.188 e. The lowest BCUT2D eigenvalue weighted by atomic mass is 9.91. The van der Waals surface area contributed by atoms with Crippen LogP contribution in [-0.4, -0.2) is 10.8 Å². The number of benzene rings is 3. The largest absolute Gasteiger partial charge is 0.289 e. The molecule has 29 heavy (non-hydrogen) atoms. The Balaban J connectivity index is 1.90. The summed E-state index contributed by atoms with van der Waals surface area (Å²) in [4.78, 5) is 18.0. The molecule has 1 aromatic heterocycles. The first-order valence-corrected chi connectivity index (χ1v) is 9.79. The van der Waals surface area contributed by atoms with Crippen LogP contribution < -0.4 is 0 Å². The van der Waals surface area contributed by atoms with Gasteiger partial charge in [-0.25, -0.2) is 0 Å². The van der Waals surface area contributed by atoms with Crippen LogP contribution in [0, 0.1) is 20.8 Å². The van der Waals surface area contributed by atoms with Crippen LogP contribution in [0.5, 0.6) is 0 Å². The molecular weight excluding hydrogens is 354 g/mol. The van der Waals surface area contributed by atoms with Crippen LogP contribution in [0.1, 0.15) is 32.7 Å². The zero-order valence-electron chi connectivity index (χ0n) is 16.9. The van der Waals surface area contributed by atoms with Crippen molar-refractivity contribution in [1.82, 2.24) is 4.98 Å². The molecule has 0 aliphatic rings. The summed E-state index contributed by atoms with van der Waals surface area (Å²) in [6, 6.07) is 24.4. The predicted molar refractivity (Wildman–Crippen MR) is 121 cm³/mol. The monoisotopic (exact) mass is 377 g/mol. The molecule has 2 nitrogen and oxygen atoms in total. The number of ketones is 1. The van der Waals surface area contributed by atoms with Crippen molar-refractivity contribution in [2.75, 3.05) is 0 Å². The van der Waals surface area contributed by atoms with Crippen molar-refractivity contribution in [1.29, 1.82) is 0 Å². The molecule has 0 N–H and O–H groups in total. The van der Waals surface area contributed by atoms with Crippen molar-refractivity contribution in [2.45, 2.75) is 20.8 Å². The van der Waals surface area contributed by atoms with E-state index in [1.54, 1.807) is 6.08 Å². The Hall–Kier alpha value is -3.52. The molecule has 2 heteroatoms. The number of carbonyl (C=O) groups excluding carboxylic acids is 1. The van der Waals surface area contributed by atoms with Crippen LogP contribution >= 0.6 is 0 Å². The number of nitrogens with zero attached hydrogens (tertiary/aromatic N) is 1. The minimum Gasteiger partial charge on any atom is -0.289 e. The van der Waals surface area contributed by atoms with E-state index in [2.05, 4.69) is 31.2 Å². The van der Waals surface area contributed by atoms with E-state index in [0.29, 0.717) is 5.56 Å². The third-order valence-corrected chi connectivity index (χ3v) is 5.26. The number of fused-ring (bicyclic) bond motifs is 1. The van der Waals surface area contributed by atoms with Gasteiger partial charge in [-0.1, -0.05) is 78.4 Å². The number of hydrogen-bond donors (Lipinski definition) is 0. The Labute approximate surface area is 171 Å². The lowest BCUT2D eigenvalue weighted by Crippen LogP contribution is -2.05. The maximum atomic E-state index is 13.3. The quantitative estimate of drug-likeness (QED) is 0.292. The molecule has 0 unspecified atom stereocenters. The van der Waals surface area contributed by atoms with Crippen molar-refractivity contribution >= 4 is 22.8 Å². The first-order valence-electron chi connectivity index (χ1n) is 9.79. The van der Waals surface area contributed by atoms with Gasteiger partial charge in [0.25, 0.3) is 0 Å². The summed E-state index contributed by atoms with van der Waals surface area (Å²) < 4.78 is 0. The molecule has 0 aliphatic heterocycles. The smallest absolute Gasteiger partial charge is 0.188 e. The highest BCUT2D eigenvalue weighted by Crippen LogP contribution is 2.33. The van der Waals surface area contributed by atoms with Gasteiger partial charge in [0, 0.05) is 16.6 Å². The summed E-state index contributed by atoms with van der Waals surface area (Å²) in [6.07, 6.45) is 3.56. The van der Waals surface area contributed by atoms with Gasteiger partial charge < -0.3 is 0 Å². The number of aryl methyl sites for hydroxylation is 3. The highest BCUT2D eigenvalue weighted by atomic mass is 16.1. The molecule has 1 heterocycles. The Bertz CT molecular complexity index is 1230. The number of aromatic nitrogens is 1. The topological polar surface area (TPSA) is 30.0 Å². The second-order valence-electron chi connectivity index (χ2n) is 7.38. The number of rotatable bonds is 4. The first-order chi connectivity index (χ1) is 14.0. The summed E-state index contributed by atoms with van der Waals surface area (Å²) in [5, 5.41) is 0.995. The summed E-state index contributed by atoms with van der Waals surface area (Å²) in [5.74, 6) is -0.0282. The maximum absolute atomic E-state index is 13.3. The van der Waals surface area contributed by atoms with Crippen molar-refractivity contribution in [3.8, 4) is 11.1 Å². The Morgan fingerprint density at radius 3 is 2.28 bits per heavy atom. The van der Waals surface area contributed by atoms with E-state index in [9.17, 15) is 4.79 Å². The Kier molecular flexibility index (Phi) is 5.09. The van der Waals surface area contributed by atoms with Crippen LogP contribution in [0.4, 0.5) is 0 Å². The summed E-state index contributed by atoms with van der Waals surface area (Å²) >= 11 is 0. The minimum atomic E-state index is -0.0282. The highest BCUT2D eigenvalue weighted by molar-refractivity contribution is 6.16. The molecule has 4 rings (SSSR count). The minimum absolute atomic E-state index is 0.0282. The molecular formula is C27H23NO. The summed E-state index contributed by atoms with van der Waals surface area (Å²) in [7, 11) is 0. The summed E-state index contributed by atoms with van der Waals surface area (Å²) in [6.45, 7) is 6.03. The molecule has 0 saturated heterocycles. The van der Waals surface area contributed by atoms with Gasteiger partial charge in [0.05, 0.1) is 11.1 Å². The standard InChI is InChI=1S/C27H23NO/c1-18-12-14-22(15-13-18)27-23-10-6-7-11-24(23)28-20(3)26(27)25(29)17-16-21-9-5-4-8-19(21)2/h4-17H,1-3H3/b17-16+. The van der Waals surface area contributed by atoms with Crippen molar-refractivity contribution in [2.24, 2.45) is 0 Å². The zero-order valence-corrected chi connectivity index (χ0v) is 16.9. The Morgan fingerprint density at radius 1 is 0.828 bits per heavy atom. The van der Waals surface area contributed by atoms with Crippen LogP contribution in [0.15, 0.2) is 78.9 Å². The molecule has 0 saturated carbocycles. The van der Waals surface area contributed by atoms with Gasteiger partial charge in [0.15, 0.2) is 5.78 Å². The van der Waals surface area contributed by atoms with Crippen molar-refractivity contribution < 1.29 is 4.79 Å². The normalized spacial score (nSPS) is 11.3. The van der Waals surface area contributed by atoms with E-state index in [0.717, 1.165) is 38.9 Å². The highest BCUT2D eigenvalue weighted by Gasteiger charge is 2.18. The molecule has 4 aromatic rings. The molecule has 142 valence electrons. The molecule has 0 fully saturated rings. The van der Waals surface area contributed by atoms with Crippen molar-refractivity contribution in [3.05, 3.63) is 107 Å². The number of hydrogen-bond acceptors (Lipinski definition) is 2. The average molecular weight is 377 g/mol. The number of allylic oxidation sites excluding steroid dienone is 1. The molecule has 0 spiro atoms. The average Bonchev–Trinajstić information content (AvgIpc) is 2.72. The zero-order chi connectivity index (χ0) is 20.4. The molecule has 0 aliphatic carbocycles. The third-order valence-electron chi connectivity index (χ3n) is 5.26. The Morgan fingerprint density at radius 2 is 1.52 bits per heavy atom. The van der Waals surface area contributed by atoms with E-state index in [1.165, 1.54) is 5.56 Å². The first kappa shape index (κ1) is 18.8. The summed E-state index contributed by atoms with van der Waals surface area (Å²) in [5.41, 5.74) is 7.68. The molecule has 0 amide bonds. The van der Waals surface area contributed by atoms with E-state index >= 15 is 0 Å². The van der Waals surface area contributed by atoms with E-state index < -0.39 is 0 Å². The fraction of sp³-hybridized carbons (Fsp3) is 0.111. The number of carbonyl (C=O) groups is 1. The van der Waals surface area contributed by atoms with E-state index in [4.69, 9.17) is 4.98 Å². The number of para-hydroxylation sites is 1. The van der Waals surface area contributed by atoms with E-state index in [1.807, 2.05) is 68.5 Å². The van der Waals surface area contributed by atoms with Crippen molar-refractivity contribution in [3.63, 3.8) is 0 Å². The fourth-order valence-corrected chi connectivity index (χ4v) is 3.68. The van der Waals surface area contributed by atoms with Gasteiger partial charge in [-0.15, -0.1) is 0 Å².